The highest BCUT2D eigenvalue weighted by molar-refractivity contribution is 5.93. The van der Waals surface area contributed by atoms with Crippen molar-refractivity contribution in [2.24, 2.45) is 0 Å². The third-order valence-corrected chi connectivity index (χ3v) is 5.07. The molecule has 0 amide bonds. The Balaban J connectivity index is 2.04. The Morgan fingerprint density at radius 1 is 1.15 bits per heavy atom. The number of rotatable bonds is 6. The zero-order valence-corrected chi connectivity index (χ0v) is 16.3. The van der Waals surface area contributed by atoms with Crippen LogP contribution in [0.5, 0.6) is 5.75 Å². The summed E-state index contributed by atoms with van der Waals surface area (Å²) < 4.78 is 10.9. The number of benzene rings is 2. The first kappa shape index (κ1) is 19.2. The molecule has 2 aromatic rings. The van der Waals surface area contributed by atoms with Crippen LogP contribution < -0.4 is 4.74 Å². The summed E-state index contributed by atoms with van der Waals surface area (Å²) in [6, 6.07) is 13.8. The summed E-state index contributed by atoms with van der Waals surface area (Å²) in [7, 11) is 1.40. The molecular weight excluding hydrogens is 338 g/mol. The van der Waals surface area contributed by atoms with Gasteiger partial charge in [-0.25, -0.2) is 4.79 Å². The van der Waals surface area contributed by atoms with Gasteiger partial charge in [-0.3, -0.25) is 0 Å². The van der Waals surface area contributed by atoms with Gasteiger partial charge in [-0.2, -0.15) is 0 Å². The van der Waals surface area contributed by atoms with Crippen LogP contribution in [0.4, 0.5) is 0 Å². The van der Waals surface area contributed by atoms with E-state index in [2.05, 4.69) is 37.0 Å². The van der Waals surface area contributed by atoms with Crippen LogP contribution in [0.3, 0.4) is 0 Å². The van der Waals surface area contributed by atoms with E-state index < -0.39 is 0 Å². The predicted octanol–water partition coefficient (Wildman–Crippen LogP) is 4.53. The van der Waals surface area contributed by atoms with E-state index in [0.717, 1.165) is 54.1 Å². The minimum Gasteiger partial charge on any atom is -0.488 e. The van der Waals surface area contributed by atoms with Gasteiger partial charge in [0.1, 0.15) is 12.4 Å². The fraction of sp³-hybridized carbons (Fsp3) is 0.348. The molecule has 2 aromatic carbocycles. The normalized spacial score (nSPS) is 14.3. The molecule has 0 aromatic heterocycles. The molecule has 0 atom stereocenters. The Kier molecular flexibility index (Phi) is 6.30. The van der Waals surface area contributed by atoms with Crippen LogP contribution in [-0.2, 0) is 11.3 Å². The summed E-state index contributed by atoms with van der Waals surface area (Å²) >= 11 is 0. The Bertz CT molecular complexity index is 837. The number of nitrogens with zero attached hydrogens (tertiary/aromatic N) is 1. The number of carbonyl (C=O) groups is 1. The Morgan fingerprint density at radius 3 is 2.67 bits per heavy atom. The minimum atomic E-state index is -0.335. The molecule has 0 bridgehead atoms. The van der Waals surface area contributed by atoms with Gasteiger partial charge in [0.2, 0.25) is 0 Å². The van der Waals surface area contributed by atoms with Crippen molar-refractivity contribution in [3.63, 3.8) is 0 Å². The quantitative estimate of drug-likeness (QED) is 0.705. The van der Waals surface area contributed by atoms with Crippen molar-refractivity contribution in [2.45, 2.75) is 26.9 Å². The SMILES string of the molecule is CCN(CC)CCC=C1c2ccccc2COc2ccc(C(=O)OC)cc21. The van der Waals surface area contributed by atoms with E-state index in [1.165, 1.54) is 7.11 Å². The molecule has 0 saturated heterocycles. The Hall–Kier alpha value is -2.59. The van der Waals surface area contributed by atoms with E-state index in [1.54, 1.807) is 6.07 Å². The third-order valence-electron chi connectivity index (χ3n) is 5.07. The molecule has 1 aliphatic heterocycles. The maximum Gasteiger partial charge on any atom is 0.337 e. The second-order valence-corrected chi connectivity index (χ2v) is 6.58. The average molecular weight is 365 g/mol. The fourth-order valence-electron chi connectivity index (χ4n) is 3.47. The number of ether oxygens (including phenoxy) is 2. The summed E-state index contributed by atoms with van der Waals surface area (Å²) in [4.78, 5) is 14.4. The smallest absolute Gasteiger partial charge is 0.337 e. The molecule has 1 heterocycles. The molecule has 0 saturated carbocycles. The zero-order chi connectivity index (χ0) is 19.2. The Morgan fingerprint density at radius 2 is 1.93 bits per heavy atom. The van der Waals surface area contributed by atoms with Gasteiger partial charge >= 0.3 is 5.97 Å². The number of hydrogen-bond donors (Lipinski definition) is 0. The molecule has 0 radical (unpaired) electrons. The first-order valence-corrected chi connectivity index (χ1v) is 9.54. The van der Waals surface area contributed by atoms with Gasteiger partial charge in [0, 0.05) is 12.1 Å². The van der Waals surface area contributed by atoms with Gasteiger partial charge in [-0.15, -0.1) is 0 Å². The lowest BCUT2D eigenvalue weighted by atomic mass is 9.92. The van der Waals surface area contributed by atoms with Gasteiger partial charge in [0.15, 0.2) is 0 Å². The number of hydrogen-bond acceptors (Lipinski definition) is 4. The second-order valence-electron chi connectivity index (χ2n) is 6.58. The zero-order valence-electron chi connectivity index (χ0n) is 16.3. The van der Waals surface area contributed by atoms with Crippen molar-refractivity contribution in [1.82, 2.24) is 4.90 Å². The van der Waals surface area contributed by atoms with Crippen molar-refractivity contribution in [3.8, 4) is 5.75 Å². The highest BCUT2D eigenvalue weighted by atomic mass is 16.5. The summed E-state index contributed by atoms with van der Waals surface area (Å²) in [5, 5.41) is 0. The van der Waals surface area contributed by atoms with Crippen molar-refractivity contribution in [2.75, 3.05) is 26.7 Å². The summed E-state index contributed by atoms with van der Waals surface area (Å²) in [6.07, 6.45) is 3.21. The average Bonchev–Trinajstić information content (AvgIpc) is 2.87. The lowest BCUT2D eigenvalue weighted by Gasteiger charge is -2.17. The molecule has 0 aliphatic carbocycles. The molecule has 0 unspecified atom stereocenters. The first-order chi connectivity index (χ1) is 13.2. The van der Waals surface area contributed by atoms with Crippen LogP contribution in [0.1, 0.15) is 47.3 Å². The minimum absolute atomic E-state index is 0.335. The van der Waals surface area contributed by atoms with E-state index in [0.29, 0.717) is 12.2 Å². The van der Waals surface area contributed by atoms with E-state index in [4.69, 9.17) is 9.47 Å². The topological polar surface area (TPSA) is 38.8 Å². The second kappa shape index (κ2) is 8.87. The van der Waals surface area contributed by atoms with Crippen molar-refractivity contribution >= 4 is 11.5 Å². The van der Waals surface area contributed by atoms with Crippen molar-refractivity contribution < 1.29 is 14.3 Å². The maximum absolute atomic E-state index is 12.0. The lowest BCUT2D eigenvalue weighted by molar-refractivity contribution is 0.0600. The molecular formula is C23H27NO3. The fourth-order valence-corrected chi connectivity index (χ4v) is 3.47. The highest BCUT2D eigenvalue weighted by Gasteiger charge is 2.20. The van der Waals surface area contributed by atoms with E-state index in [9.17, 15) is 4.79 Å². The number of fused-ring (bicyclic) bond motifs is 2. The van der Waals surface area contributed by atoms with Crippen molar-refractivity contribution in [1.29, 1.82) is 0 Å². The van der Waals surface area contributed by atoms with Gasteiger partial charge < -0.3 is 14.4 Å². The molecule has 142 valence electrons. The van der Waals surface area contributed by atoms with E-state index >= 15 is 0 Å². The van der Waals surface area contributed by atoms with Crippen LogP contribution in [-0.4, -0.2) is 37.6 Å². The number of esters is 1. The molecule has 0 spiro atoms. The van der Waals surface area contributed by atoms with Gasteiger partial charge in [0.25, 0.3) is 0 Å². The summed E-state index contributed by atoms with van der Waals surface area (Å²) in [5.74, 6) is 0.464. The van der Waals surface area contributed by atoms with Crippen LogP contribution in [0.25, 0.3) is 5.57 Å². The van der Waals surface area contributed by atoms with Gasteiger partial charge in [-0.05, 0) is 54.4 Å². The van der Waals surface area contributed by atoms with Crippen molar-refractivity contribution in [3.05, 3.63) is 70.8 Å². The van der Waals surface area contributed by atoms with Crippen LogP contribution in [0.15, 0.2) is 48.5 Å². The largest absolute Gasteiger partial charge is 0.488 e. The molecule has 27 heavy (non-hydrogen) atoms. The number of methoxy groups -OCH3 is 1. The third kappa shape index (κ3) is 4.22. The molecule has 3 rings (SSSR count). The maximum atomic E-state index is 12.0. The first-order valence-electron chi connectivity index (χ1n) is 9.54. The van der Waals surface area contributed by atoms with Gasteiger partial charge in [-0.1, -0.05) is 44.2 Å². The van der Waals surface area contributed by atoms with Crippen LogP contribution in [0.2, 0.25) is 0 Å². The predicted molar refractivity (Wildman–Crippen MR) is 108 cm³/mol. The monoisotopic (exact) mass is 365 g/mol. The molecule has 4 heteroatoms. The molecule has 1 aliphatic rings. The molecule has 0 fully saturated rings. The summed E-state index contributed by atoms with van der Waals surface area (Å²) in [5.41, 5.74) is 4.92. The summed E-state index contributed by atoms with van der Waals surface area (Å²) in [6.45, 7) is 7.98. The van der Waals surface area contributed by atoms with Crippen LogP contribution >= 0.6 is 0 Å². The number of carbonyl (C=O) groups excluding carboxylic acids is 1. The highest BCUT2D eigenvalue weighted by Crippen LogP contribution is 2.37. The van der Waals surface area contributed by atoms with Gasteiger partial charge in [0.05, 0.1) is 12.7 Å². The molecule has 0 N–H and O–H groups in total. The lowest BCUT2D eigenvalue weighted by Crippen LogP contribution is -2.23. The standard InChI is InChI=1S/C23H27NO3/c1-4-24(5-2)14-8-11-20-19-10-7-6-9-18(19)16-27-22-13-12-17(15-21(20)22)23(25)26-3/h6-7,9-13,15H,4-5,8,14,16H2,1-3H3. The Labute approximate surface area is 161 Å². The van der Waals surface area contributed by atoms with E-state index in [1.807, 2.05) is 24.3 Å². The van der Waals surface area contributed by atoms with Crippen LogP contribution in [0, 0.1) is 0 Å². The molecule has 4 nitrogen and oxygen atoms in total. The van der Waals surface area contributed by atoms with E-state index in [-0.39, 0.29) is 5.97 Å².